The fraction of sp³-hybridized carbons (Fsp3) is 0.778. The number of rotatable bonds is 7. The maximum atomic E-state index is 5.39. The maximum absolute atomic E-state index is 5.39. The predicted molar refractivity (Wildman–Crippen MR) is 52.8 cm³/mol. The first-order valence-electron chi connectivity index (χ1n) is 4.65. The summed E-state index contributed by atoms with van der Waals surface area (Å²) < 4.78 is 15.9. The van der Waals surface area contributed by atoms with Crippen molar-refractivity contribution in [2.45, 2.75) is 33.6 Å². The van der Waals surface area contributed by atoms with E-state index in [2.05, 4.69) is 25.9 Å². The molecule has 74 valence electrons. The molecule has 0 aliphatic heterocycles. The molecular weight excluding hydrogens is 183 g/mol. The Morgan fingerprint density at radius 3 is 2.00 bits per heavy atom. The second kappa shape index (κ2) is 9.90. The second-order valence-electron chi connectivity index (χ2n) is 2.50. The first-order chi connectivity index (χ1) is 6.35. The van der Waals surface area contributed by atoms with Crippen molar-refractivity contribution in [3.05, 3.63) is 0 Å². The molecule has 0 atom stereocenters. The first-order valence-corrected chi connectivity index (χ1v) is 6.07. The van der Waals surface area contributed by atoms with Crippen LogP contribution in [0.1, 0.15) is 33.6 Å². The molecule has 0 aromatic rings. The quantitative estimate of drug-likeness (QED) is 0.463. The smallest absolute Gasteiger partial charge is 0.549 e. The van der Waals surface area contributed by atoms with Gasteiger partial charge in [0.25, 0.3) is 0 Å². The zero-order valence-corrected chi connectivity index (χ0v) is 9.79. The van der Waals surface area contributed by atoms with Gasteiger partial charge >= 0.3 is 15.1 Å². The van der Waals surface area contributed by atoms with Gasteiger partial charge in [-0.05, 0) is 12.8 Å². The van der Waals surface area contributed by atoms with Gasteiger partial charge in [-0.15, -0.1) is 0 Å². The van der Waals surface area contributed by atoms with E-state index in [4.69, 9.17) is 11.4 Å². The van der Waals surface area contributed by atoms with Crippen molar-refractivity contribution in [3.63, 3.8) is 0 Å². The lowest BCUT2D eigenvalue weighted by atomic mass is 10.5. The van der Waals surface area contributed by atoms with E-state index in [1.54, 1.807) is 6.92 Å². The van der Waals surface area contributed by atoms with Gasteiger partial charge in [0.2, 0.25) is 0 Å². The van der Waals surface area contributed by atoms with Crippen LogP contribution in [0.3, 0.4) is 0 Å². The van der Waals surface area contributed by atoms with Crippen LogP contribution in [0.2, 0.25) is 0 Å². The summed E-state index contributed by atoms with van der Waals surface area (Å²) in [6.07, 6.45) is 4.48. The highest BCUT2D eigenvalue weighted by atomic mass is 27.3. The van der Waals surface area contributed by atoms with Crippen LogP contribution >= 0.6 is 0 Å². The predicted octanol–water partition coefficient (Wildman–Crippen LogP) is 1.82. The van der Waals surface area contributed by atoms with E-state index in [1.165, 1.54) is 0 Å². The summed E-state index contributed by atoms with van der Waals surface area (Å²) in [6, 6.07) is 0. The standard InChI is InChI=1S/2C3H7O.C3H4O.Al/c3*1-2-3-4;/h2*2-3H2,1H3;4H,1H3;/q2*-1;;+3/p-1. The van der Waals surface area contributed by atoms with Crippen molar-refractivity contribution in [2.24, 2.45) is 0 Å². The van der Waals surface area contributed by atoms with Crippen LogP contribution in [0.5, 0.6) is 0 Å². The fourth-order valence-corrected chi connectivity index (χ4v) is 1.95. The first kappa shape index (κ1) is 12.8. The molecule has 0 unspecified atom stereocenters. The van der Waals surface area contributed by atoms with Gasteiger partial charge < -0.3 is 11.4 Å². The van der Waals surface area contributed by atoms with Crippen molar-refractivity contribution in [1.82, 2.24) is 0 Å². The molecule has 0 saturated carbocycles. The Hall–Kier alpha value is -0.188. The summed E-state index contributed by atoms with van der Waals surface area (Å²) >= 11 is -1.96. The van der Waals surface area contributed by atoms with E-state index < -0.39 is 15.1 Å². The van der Waals surface area contributed by atoms with Crippen LogP contribution in [0.25, 0.3) is 0 Å². The third kappa shape index (κ3) is 8.15. The summed E-state index contributed by atoms with van der Waals surface area (Å²) in [6.45, 7) is 7.21. The highest BCUT2D eigenvalue weighted by molar-refractivity contribution is 6.36. The Kier molecular flexibility index (Phi) is 9.75. The van der Waals surface area contributed by atoms with E-state index in [0.717, 1.165) is 12.8 Å². The van der Waals surface area contributed by atoms with Crippen molar-refractivity contribution in [2.75, 3.05) is 13.2 Å². The normalized spacial score (nSPS) is 8.85. The molecule has 13 heavy (non-hydrogen) atoms. The van der Waals surface area contributed by atoms with Gasteiger partial charge in [0, 0.05) is 20.1 Å². The fourth-order valence-electron chi connectivity index (χ4n) is 0.651. The molecule has 0 aliphatic carbocycles. The topological polar surface area (TPSA) is 27.7 Å². The Morgan fingerprint density at radius 2 is 1.62 bits per heavy atom. The van der Waals surface area contributed by atoms with E-state index in [0.29, 0.717) is 13.2 Å². The molecule has 4 heteroatoms. The van der Waals surface area contributed by atoms with Gasteiger partial charge in [0.05, 0.1) is 6.11 Å². The highest BCUT2D eigenvalue weighted by Gasteiger charge is 2.33. The monoisotopic (exact) mass is 200 g/mol. The molecule has 0 heterocycles. The van der Waals surface area contributed by atoms with Gasteiger partial charge in [-0.1, -0.05) is 19.8 Å². The molecule has 0 radical (unpaired) electrons. The van der Waals surface area contributed by atoms with Crippen molar-refractivity contribution in [1.29, 1.82) is 0 Å². The SMILES string of the molecule is CC#C[O][Al]([O]CCC)[O]CCC. The van der Waals surface area contributed by atoms with E-state index in [1.807, 2.05) is 0 Å². The number of hydrogen-bond acceptors (Lipinski definition) is 3. The van der Waals surface area contributed by atoms with Gasteiger partial charge in [-0.2, -0.15) is 0 Å². The number of hydrogen-bond donors (Lipinski definition) is 0. The molecule has 0 saturated heterocycles. The average molecular weight is 200 g/mol. The third-order valence-corrected chi connectivity index (χ3v) is 2.50. The maximum Gasteiger partial charge on any atom is 1.01 e. The van der Waals surface area contributed by atoms with Crippen LogP contribution in [0, 0.1) is 12.0 Å². The van der Waals surface area contributed by atoms with Crippen molar-refractivity contribution in [3.8, 4) is 12.0 Å². The van der Waals surface area contributed by atoms with Crippen molar-refractivity contribution >= 4 is 15.1 Å². The molecule has 0 amide bonds. The molecule has 0 fully saturated rings. The zero-order valence-electron chi connectivity index (χ0n) is 8.63. The lowest BCUT2D eigenvalue weighted by molar-refractivity contribution is 0.131. The largest absolute Gasteiger partial charge is 1.01 e. The molecule has 3 nitrogen and oxygen atoms in total. The summed E-state index contributed by atoms with van der Waals surface area (Å²) in [5, 5.41) is 0. The van der Waals surface area contributed by atoms with Gasteiger partial charge in [0.15, 0.2) is 0 Å². The molecule has 0 aromatic heterocycles. The van der Waals surface area contributed by atoms with Crippen LogP contribution in [0.15, 0.2) is 0 Å². The van der Waals surface area contributed by atoms with Crippen LogP contribution in [0.4, 0.5) is 0 Å². The summed E-state index contributed by atoms with van der Waals surface area (Å²) in [5.74, 6) is 2.65. The van der Waals surface area contributed by atoms with Gasteiger partial charge in [0.1, 0.15) is 0 Å². The minimum Gasteiger partial charge on any atom is -0.549 e. The van der Waals surface area contributed by atoms with Crippen LogP contribution in [-0.2, 0) is 11.4 Å². The van der Waals surface area contributed by atoms with Crippen LogP contribution < -0.4 is 0 Å². The minimum atomic E-state index is -1.96. The molecule has 0 spiro atoms. The Balaban J connectivity index is 3.63. The zero-order chi connectivity index (χ0) is 9.94. The lowest BCUT2D eigenvalue weighted by Crippen LogP contribution is -2.26. The average Bonchev–Trinajstić information content (AvgIpc) is 2.17. The summed E-state index contributed by atoms with van der Waals surface area (Å²) in [5.41, 5.74) is 0. The molecule has 0 aromatic carbocycles. The Labute approximate surface area is 85.8 Å². The molecule has 0 aliphatic rings. The summed E-state index contributed by atoms with van der Waals surface area (Å²) in [7, 11) is 0. The minimum absolute atomic E-state index is 0.687. The lowest BCUT2D eigenvalue weighted by Gasteiger charge is -2.08. The third-order valence-electron chi connectivity index (χ3n) is 1.17. The Bertz CT molecular complexity index is 154. The molecular formula is C9H17AlO3. The Morgan fingerprint density at radius 1 is 1.08 bits per heavy atom. The van der Waals surface area contributed by atoms with E-state index >= 15 is 0 Å². The molecule has 0 N–H and O–H groups in total. The molecule has 0 rings (SSSR count). The van der Waals surface area contributed by atoms with Gasteiger partial charge in [-0.25, -0.2) is 0 Å². The van der Waals surface area contributed by atoms with E-state index in [-0.39, 0.29) is 0 Å². The molecule has 0 bridgehead atoms. The van der Waals surface area contributed by atoms with Crippen molar-refractivity contribution < 1.29 is 11.4 Å². The second-order valence-corrected chi connectivity index (χ2v) is 3.98. The highest BCUT2D eigenvalue weighted by Crippen LogP contribution is 1.94. The van der Waals surface area contributed by atoms with Crippen LogP contribution in [-0.4, -0.2) is 28.4 Å². The van der Waals surface area contributed by atoms with Gasteiger partial charge in [-0.3, -0.25) is 0 Å². The van der Waals surface area contributed by atoms with E-state index in [9.17, 15) is 0 Å². The summed E-state index contributed by atoms with van der Waals surface area (Å²) in [4.78, 5) is 0.